The second-order valence-electron chi connectivity index (χ2n) is 6.72. The van der Waals surface area contributed by atoms with Gasteiger partial charge in [0, 0.05) is 30.3 Å². The van der Waals surface area contributed by atoms with Crippen LogP contribution in [0.15, 0.2) is 55.1 Å². The number of hydrogen-bond donors (Lipinski definition) is 1. The summed E-state index contributed by atoms with van der Waals surface area (Å²) < 4.78 is 5.21. The first-order valence-corrected chi connectivity index (χ1v) is 9.29. The summed E-state index contributed by atoms with van der Waals surface area (Å²) in [4.78, 5) is 15.8. The first-order chi connectivity index (χ1) is 12.5. The average molecular weight is 365 g/mol. The Kier molecular flexibility index (Phi) is 4.12. The van der Waals surface area contributed by atoms with Crippen LogP contribution in [0.5, 0.6) is 0 Å². The van der Waals surface area contributed by atoms with Gasteiger partial charge in [0.1, 0.15) is 4.88 Å². The molecule has 3 heterocycles. The fourth-order valence-electron chi connectivity index (χ4n) is 3.16. The number of aromatic carboxylic acids is 1. The molecule has 6 heteroatoms. The Morgan fingerprint density at radius 3 is 2.62 bits per heavy atom. The van der Waals surface area contributed by atoms with Crippen molar-refractivity contribution in [2.24, 2.45) is 5.92 Å². The summed E-state index contributed by atoms with van der Waals surface area (Å²) in [6, 6.07) is 12.2. The molecule has 0 unspecified atom stereocenters. The molecule has 0 radical (unpaired) electrons. The molecule has 0 aliphatic rings. The molecule has 0 spiro atoms. The van der Waals surface area contributed by atoms with Crippen molar-refractivity contribution in [2.75, 3.05) is 0 Å². The van der Waals surface area contributed by atoms with E-state index in [0.29, 0.717) is 10.8 Å². The number of nitrogens with zero attached hydrogens (tertiary/aromatic N) is 3. The maximum atomic E-state index is 11.3. The molecule has 26 heavy (non-hydrogen) atoms. The fraction of sp³-hybridized carbons (Fsp3) is 0.200. The molecule has 0 aliphatic carbocycles. The molecule has 0 bridgehead atoms. The van der Waals surface area contributed by atoms with Crippen LogP contribution in [-0.2, 0) is 6.54 Å². The SMILES string of the molecule is CC(C)Cn1c(-c2ccc(-n3ccnc3)cc2)cc2sc(C(=O)O)cc21. The molecule has 0 saturated carbocycles. The van der Waals surface area contributed by atoms with E-state index >= 15 is 0 Å². The van der Waals surface area contributed by atoms with Gasteiger partial charge in [-0.2, -0.15) is 0 Å². The van der Waals surface area contributed by atoms with Crippen LogP contribution in [0, 0.1) is 5.92 Å². The Hall–Kier alpha value is -2.86. The third kappa shape index (κ3) is 2.93. The van der Waals surface area contributed by atoms with Crippen LogP contribution in [0.3, 0.4) is 0 Å². The van der Waals surface area contributed by atoms with E-state index in [1.54, 1.807) is 18.6 Å². The van der Waals surface area contributed by atoms with Crippen LogP contribution in [0.1, 0.15) is 23.5 Å². The number of benzene rings is 1. The van der Waals surface area contributed by atoms with Gasteiger partial charge in [-0.1, -0.05) is 26.0 Å². The van der Waals surface area contributed by atoms with E-state index in [4.69, 9.17) is 0 Å². The zero-order valence-corrected chi connectivity index (χ0v) is 15.4. The van der Waals surface area contributed by atoms with Gasteiger partial charge in [0.2, 0.25) is 0 Å². The van der Waals surface area contributed by atoms with Crippen LogP contribution < -0.4 is 0 Å². The number of rotatable bonds is 5. The standard InChI is InChI=1S/C20H19N3O2S/c1-13(2)11-23-16(9-18-17(23)10-19(26-18)20(24)25)14-3-5-15(6-4-14)22-8-7-21-12-22/h3-10,12-13H,11H2,1-2H3,(H,24,25). The monoisotopic (exact) mass is 365 g/mol. The van der Waals surface area contributed by atoms with E-state index in [-0.39, 0.29) is 0 Å². The van der Waals surface area contributed by atoms with Crippen molar-refractivity contribution < 1.29 is 9.90 Å². The smallest absolute Gasteiger partial charge is 0.345 e. The second kappa shape index (κ2) is 6.46. The van der Waals surface area contributed by atoms with Gasteiger partial charge in [0.05, 0.1) is 16.5 Å². The minimum atomic E-state index is -0.867. The molecule has 0 atom stereocenters. The van der Waals surface area contributed by atoms with Crippen LogP contribution in [0.2, 0.25) is 0 Å². The van der Waals surface area contributed by atoms with Crippen LogP contribution in [-0.4, -0.2) is 25.2 Å². The van der Waals surface area contributed by atoms with Crippen LogP contribution in [0.25, 0.3) is 27.2 Å². The van der Waals surface area contributed by atoms with Gasteiger partial charge in [-0.25, -0.2) is 9.78 Å². The zero-order chi connectivity index (χ0) is 18.3. The minimum absolute atomic E-state index is 0.384. The summed E-state index contributed by atoms with van der Waals surface area (Å²) in [5.41, 5.74) is 4.29. The molecule has 132 valence electrons. The number of imidazole rings is 1. The average Bonchev–Trinajstić information content (AvgIpc) is 3.32. The van der Waals surface area contributed by atoms with Crippen molar-refractivity contribution in [3.8, 4) is 16.9 Å². The van der Waals surface area contributed by atoms with E-state index in [9.17, 15) is 9.90 Å². The van der Waals surface area contributed by atoms with Crippen molar-refractivity contribution in [1.82, 2.24) is 14.1 Å². The number of carboxylic acids is 1. The van der Waals surface area contributed by atoms with E-state index in [1.807, 2.05) is 10.8 Å². The molecule has 3 aromatic heterocycles. The van der Waals surface area contributed by atoms with Gasteiger partial charge in [-0.3, -0.25) is 0 Å². The molecular weight excluding hydrogens is 346 g/mol. The lowest BCUT2D eigenvalue weighted by molar-refractivity contribution is 0.0702. The number of thiophene rings is 1. The Balaban J connectivity index is 1.79. The number of hydrogen-bond acceptors (Lipinski definition) is 3. The molecular formula is C20H19N3O2S. The summed E-state index contributed by atoms with van der Waals surface area (Å²) in [6.45, 7) is 5.18. The Bertz CT molecular complexity index is 1060. The third-order valence-corrected chi connectivity index (χ3v) is 5.37. The van der Waals surface area contributed by atoms with Gasteiger partial charge in [-0.15, -0.1) is 11.3 Å². The largest absolute Gasteiger partial charge is 0.477 e. The van der Waals surface area contributed by atoms with Crippen molar-refractivity contribution in [1.29, 1.82) is 0 Å². The van der Waals surface area contributed by atoms with E-state index < -0.39 is 5.97 Å². The number of carbonyl (C=O) groups is 1. The van der Waals surface area contributed by atoms with Crippen molar-refractivity contribution in [2.45, 2.75) is 20.4 Å². The highest BCUT2D eigenvalue weighted by molar-refractivity contribution is 7.20. The van der Waals surface area contributed by atoms with Crippen LogP contribution in [0.4, 0.5) is 0 Å². The first kappa shape index (κ1) is 16.6. The summed E-state index contributed by atoms with van der Waals surface area (Å²) in [7, 11) is 0. The van der Waals surface area contributed by atoms with Gasteiger partial charge >= 0.3 is 5.97 Å². The lowest BCUT2D eigenvalue weighted by atomic mass is 10.1. The Morgan fingerprint density at radius 1 is 1.23 bits per heavy atom. The fourth-order valence-corrected chi connectivity index (χ4v) is 4.10. The topological polar surface area (TPSA) is 60.0 Å². The highest BCUT2D eigenvalue weighted by Gasteiger charge is 2.17. The quantitative estimate of drug-likeness (QED) is 0.547. The highest BCUT2D eigenvalue weighted by atomic mass is 32.1. The molecule has 5 nitrogen and oxygen atoms in total. The maximum absolute atomic E-state index is 11.3. The normalized spacial score (nSPS) is 11.5. The summed E-state index contributed by atoms with van der Waals surface area (Å²) in [5.74, 6) is -0.406. The number of aromatic nitrogens is 3. The first-order valence-electron chi connectivity index (χ1n) is 8.48. The molecule has 0 aliphatic heterocycles. The Morgan fingerprint density at radius 2 is 2.00 bits per heavy atom. The molecule has 1 N–H and O–H groups in total. The Labute approximate surface area is 155 Å². The molecule has 4 aromatic rings. The maximum Gasteiger partial charge on any atom is 0.345 e. The predicted molar refractivity (Wildman–Crippen MR) is 104 cm³/mol. The van der Waals surface area contributed by atoms with Gasteiger partial charge in [0.15, 0.2) is 0 Å². The van der Waals surface area contributed by atoms with Crippen LogP contribution >= 0.6 is 11.3 Å². The summed E-state index contributed by atoms with van der Waals surface area (Å²) in [6.07, 6.45) is 5.45. The molecule has 1 aromatic carbocycles. The number of fused-ring (bicyclic) bond motifs is 1. The molecule has 0 saturated heterocycles. The third-order valence-electron chi connectivity index (χ3n) is 4.31. The minimum Gasteiger partial charge on any atom is -0.477 e. The lowest BCUT2D eigenvalue weighted by Gasteiger charge is -2.13. The predicted octanol–water partition coefficient (Wildman–Crippen LogP) is 4.91. The van der Waals surface area contributed by atoms with Gasteiger partial charge < -0.3 is 14.2 Å². The van der Waals surface area contributed by atoms with Gasteiger partial charge in [-0.05, 0) is 35.7 Å². The lowest BCUT2D eigenvalue weighted by Crippen LogP contribution is -2.05. The van der Waals surface area contributed by atoms with E-state index in [1.165, 1.54) is 11.3 Å². The second-order valence-corrected chi connectivity index (χ2v) is 7.80. The van der Waals surface area contributed by atoms with E-state index in [2.05, 4.69) is 53.7 Å². The molecule has 4 rings (SSSR count). The van der Waals surface area contributed by atoms with E-state index in [0.717, 1.165) is 33.7 Å². The number of carboxylic acid groups (broad SMARTS) is 1. The van der Waals surface area contributed by atoms with Crippen molar-refractivity contribution >= 4 is 27.5 Å². The highest BCUT2D eigenvalue weighted by Crippen LogP contribution is 2.35. The van der Waals surface area contributed by atoms with Crippen molar-refractivity contribution in [3.05, 3.63) is 60.0 Å². The van der Waals surface area contributed by atoms with Gasteiger partial charge in [0.25, 0.3) is 0 Å². The molecule has 0 fully saturated rings. The van der Waals surface area contributed by atoms with Crippen molar-refractivity contribution in [3.63, 3.8) is 0 Å². The summed E-state index contributed by atoms with van der Waals surface area (Å²) in [5, 5.41) is 9.28. The summed E-state index contributed by atoms with van der Waals surface area (Å²) >= 11 is 1.33. The zero-order valence-electron chi connectivity index (χ0n) is 14.6. The molecule has 0 amide bonds.